The zero-order valence-electron chi connectivity index (χ0n) is 6.70. The summed E-state index contributed by atoms with van der Waals surface area (Å²) in [5.74, 6) is 0. The van der Waals surface area contributed by atoms with Crippen molar-refractivity contribution >= 4 is 6.16 Å². The standard InChI is InChI=1S/C7H12O4/c1-5-3-9-4-6(2)11-7(8)10-5/h5-6H,3-4H2,1-2H3. The molecule has 0 saturated carbocycles. The molecule has 1 heterocycles. The maximum Gasteiger partial charge on any atom is 0.508 e. The van der Waals surface area contributed by atoms with Gasteiger partial charge < -0.3 is 14.2 Å². The van der Waals surface area contributed by atoms with Gasteiger partial charge in [0.2, 0.25) is 0 Å². The van der Waals surface area contributed by atoms with E-state index in [0.717, 1.165) is 0 Å². The molecule has 0 aromatic heterocycles. The van der Waals surface area contributed by atoms with Crippen LogP contribution in [0.4, 0.5) is 4.79 Å². The number of hydrogen-bond acceptors (Lipinski definition) is 4. The van der Waals surface area contributed by atoms with Gasteiger partial charge in [0.1, 0.15) is 12.2 Å². The quantitative estimate of drug-likeness (QED) is 0.495. The molecular formula is C7H12O4. The van der Waals surface area contributed by atoms with Crippen molar-refractivity contribution < 1.29 is 19.0 Å². The molecule has 0 radical (unpaired) electrons. The average molecular weight is 160 g/mol. The van der Waals surface area contributed by atoms with Crippen molar-refractivity contribution in [2.45, 2.75) is 26.1 Å². The first-order valence-corrected chi connectivity index (χ1v) is 3.63. The van der Waals surface area contributed by atoms with Crippen LogP contribution in [0.15, 0.2) is 0 Å². The molecule has 0 spiro atoms. The summed E-state index contributed by atoms with van der Waals surface area (Å²) in [6, 6.07) is 0. The lowest BCUT2D eigenvalue weighted by atomic mass is 10.4. The Labute approximate surface area is 65.4 Å². The van der Waals surface area contributed by atoms with Crippen LogP contribution in [0.25, 0.3) is 0 Å². The second kappa shape index (κ2) is 3.57. The second-order valence-electron chi connectivity index (χ2n) is 2.64. The summed E-state index contributed by atoms with van der Waals surface area (Å²) in [6.45, 7) is 4.41. The van der Waals surface area contributed by atoms with E-state index in [1.54, 1.807) is 13.8 Å². The van der Waals surface area contributed by atoms with E-state index >= 15 is 0 Å². The Morgan fingerprint density at radius 2 is 1.64 bits per heavy atom. The summed E-state index contributed by atoms with van der Waals surface area (Å²) in [6.07, 6.45) is -1.03. The molecule has 11 heavy (non-hydrogen) atoms. The molecule has 1 fully saturated rings. The molecule has 1 aliphatic rings. The van der Waals surface area contributed by atoms with Crippen LogP contribution in [-0.4, -0.2) is 31.6 Å². The van der Waals surface area contributed by atoms with Crippen LogP contribution in [0.5, 0.6) is 0 Å². The first-order valence-electron chi connectivity index (χ1n) is 3.63. The van der Waals surface area contributed by atoms with Gasteiger partial charge in [0, 0.05) is 0 Å². The largest absolute Gasteiger partial charge is 0.508 e. The third-order valence-electron chi connectivity index (χ3n) is 1.30. The predicted molar refractivity (Wildman–Crippen MR) is 37.3 cm³/mol. The van der Waals surface area contributed by atoms with Crippen LogP contribution in [0.3, 0.4) is 0 Å². The third-order valence-corrected chi connectivity index (χ3v) is 1.30. The number of cyclic esters (lactones) is 2. The van der Waals surface area contributed by atoms with Crippen LogP contribution in [0, 0.1) is 0 Å². The van der Waals surface area contributed by atoms with Crippen LogP contribution >= 0.6 is 0 Å². The average Bonchev–Trinajstić information content (AvgIpc) is 1.83. The monoisotopic (exact) mass is 160 g/mol. The lowest BCUT2D eigenvalue weighted by Crippen LogP contribution is -2.30. The first-order chi connectivity index (χ1) is 5.18. The van der Waals surface area contributed by atoms with Crippen LogP contribution in [0.1, 0.15) is 13.8 Å². The van der Waals surface area contributed by atoms with E-state index < -0.39 is 6.16 Å². The second-order valence-corrected chi connectivity index (χ2v) is 2.64. The van der Waals surface area contributed by atoms with Crippen molar-refractivity contribution in [3.63, 3.8) is 0 Å². The van der Waals surface area contributed by atoms with Gasteiger partial charge in [-0.25, -0.2) is 4.79 Å². The summed E-state index contributed by atoms with van der Waals surface area (Å²) in [4.78, 5) is 10.8. The Balaban J connectivity index is 2.41. The van der Waals surface area contributed by atoms with E-state index in [2.05, 4.69) is 0 Å². The fourth-order valence-corrected chi connectivity index (χ4v) is 0.824. The molecule has 2 atom stereocenters. The highest BCUT2D eigenvalue weighted by molar-refractivity contribution is 5.60. The van der Waals surface area contributed by atoms with Crippen molar-refractivity contribution in [2.24, 2.45) is 0 Å². The lowest BCUT2D eigenvalue weighted by molar-refractivity contribution is -0.0740. The maximum absolute atomic E-state index is 10.8. The highest BCUT2D eigenvalue weighted by Gasteiger charge is 2.18. The van der Waals surface area contributed by atoms with Crippen LogP contribution in [-0.2, 0) is 14.2 Å². The molecule has 4 heteroatoms. The highest BCUT2D eigenvalue weighted by atomic mass is 16.7. The SMILES string of the molecule is CC1COCC(C)OC(=O)O1. The van der Waals surface area contributed by atoms with E-state index in [-0.39, 0.29) is 12.2 Å². The Morgan fingerprint density at radius 3 is 2.09 bits per heavy atom. The molecule has 0 aromatic rings. The van der Waals surface area contributed by atoms with Gasteiger partial charge in [-0.1, -0.05) is 0 Å². The van der Waals surface area contributed by atoms with Crippen molar-refractivity contribution in [1.29, 1.82) is 0 Å². The van der Waals surface area contributed by atoms with Gasteiger partial charge >= 0.3 is 6.16 Å². The fraction of sp³-hybridized carbons (Fsp3) is 0.857. The predicted octanol–water partition coefficient (Wildman–Crippen LogP) is 0.947. The summed E-state index contributed by atoms with van der Waals surface area (Å²) >= 11 is 0. The molecule has 64 valence electrons. The molecule has 0 bridgehead atoms. The topological polar surface area (TPSA) is 44.8 Å². The van der Waals surface area contributed by atoms with Crippen LogP contribution in [0.2, 0.25) is 0 Å². The van der Waals surface area contributed by atoms with E-state index in [9.17, 15) is 4.79 Å². The highest BCUT2D eigenvalue weighted by Crippen LogP contribution is 2.04. The van der Waals surface area contributed by atoms with Gasteiger partial charge in [0.05, 0.1) is 13.2 Å². The normalized spacial score (nSPS) is 33.1. The van der Waals surface area contributed by atoms with Crippen molar-refractivity contribution in [3.05, 3.63) is 0 Å². The van der Waals surface area contributed by atoms with Gasteiger partial charge in [-0.05, 0) is 13.8 Å². The minimum Gasteiger partial charge on any atom is -0.429 e. The Bertz CT molecular complexity index is 131. The number of carbonyl (C=O) groups excluding carboxylic acids is 1. The zero-order chi connectivity index (χ0) is 8.27. The van der Waals surface area contributed by atoms with Gasteiger partial charge in [-0.2, -0.15) is 0 Å². The molecule has 1 aliphatic heterocycles. The summed E-state index contributed by atoms with van der Waals surface area (Å²) in [7, 11) is 0. The summed E-state index contributed by atoms with van der Waals surface area (Å²) in [5.41, 5.74) is 0. The van der Waals surface area contributed by atoms with E-state index in [0.29, 0.717) is 13.2 Å². The number of rotatable bonds is 0. The zero-order valence-corrected chi connectivity index (χ0v) is 6.70. The fourth-order valence-electron chi connectivity index (χ4n) is 0.824. The first kappa shape index (κ1) is 8.33. The number of carbonyl (C=O) groups is 1. The molecule has 0 amide bonds. The molecule has 0 aromatic carbocycles. The number of ether oxygens (including phenoxy) is 3. The molecule has 1 saturated heterocycles. The molecule has 0 N–H and O–H groups in total. The van der Waals surface area contributed by atoms with Gasteiger partial charge in [-0.15, -0.1) is 0 Å². The van der Waals surface area contributed by atoms with Crippen LogP contribution < -0.4 is 0 Å². The molecular weight excluding hydrogens is 148 g/mol. The Morgan fingerprint density at radius 1 is 1.18 bits per heavy atom. The molecule has 2 unspecified atom stereocenters. The van der Waals surface area contributed by atoms with E-state index in [4.69, 9.17) is 14.2 Å². The Hall–Kier alpha value is -0.770. The minimum absolute atomic E-state index is 0.213. The van der Waals surface area contributed by atoms with E-state index in [1.165, 1.54) is 0 Å². The van der Waals surface area contributed by atoms with Crippen molar-refractivity contribution in [3.8, 4) is 0 Å². The Kier molecular flexibility index (Phi) is 2.70. The van der Waals surface area contributed by atoms with E-state index in [1.807, 2.05) is 0 Å². The summed E-state index contributed by atoms with van der Waals surface area (Å²) in [5, 5.41) is 0. The van der Waals surface area contributed by atoms with Crippen molar-refractivity contribution in [1.82, 2.24) is 0 Å². The van der Waals surface area contributed by atoms with Gasteiger partial charge in [0.25, 0.3) is 0 Å². The third kappa shape index (κ3) is 2.76. The maximum atomic E-state index is 10.8. The van der Waals surface area contributed by atoms with Crippen molar-refractivity contribution in [2.75, 3.05) is 13.2 Å². The molecule has 4 nitrogen and oxygen atoms in total. The summed E-state index contributed by atoms with van der Waals surface area (Å²) < 4.78 is 14.7. The lowest BCUT2D eigenvalue weighted by Gasteiger charge is -2.20. The number of hydrogen-bond donors (Lipinski definition) is 0. The smallest absolute Gasteiger partial charge is 0.429 e. The molecule has 1 rings (SSSR count). The minimum atomic E-state index is -0.603. The van der Waals surface area contributed by atoms with Gasteiger partial charge in [-0.3, -0.25) is 0 Å². The van der Waals surface area contributed by atoms with Gasteiger partial charge in [0.15, 0.2) is 0 Å². The molecule has 0 aliphatic carbocycles.